The maximum absolute atomic E-state index is 13.4. The summed E-state index contributed by atoms with van der Waals surface area (Å²) in [4.78, 5) is 30.1. The van der Waals surface area contributed by atoms with E-state index in [0.29, 0.717) is 21.7 Å². The van der Waals surface area contributed by atoms with Gasteiger partial charge in [0.1, 0.15) is 0 Å². The second-order valence-electron chi connectivity index (χ2n) is 6.49. The number of fused-ring (bicyclic) bond motifs is 1. The molecular weight excluding hydrogens is 488 g/mol. The van der Waals surface area contributed by atoms with Crippen molar-refractivity contribution >= 4 is 50.2 Å². The molecule has 0 radical (unpaired) electrons. The number of anilines is 1. The van der Waals surface area contributed by atoms with Crippen molar-refractivity contribution in [3.05, 3.63) is 93.2 Å². The van der Waals surface area contributed by atoms with Crippen LogP contribution >= 0.6 is 27.7 Å². The predicted molar refractivity (Wildman–Crippen MR) is 121 cm³/mol. The van der Waals surface area contributed by atoms with Gasteiger partial charge in [-0.15, -0.1) is 0 Å². The summed E-state index contributed by atoms with van der Waals surface area (Å²) in [6, 6.07) is 17.2. The lowest BCUT2D eigenvalue weighted by atomic mass is 10.2. The van der Waals surface area contributed by atoms with Crippen LogP contribution in [0.2, 0.25) is 0 Å². The van der Waals surface area contributed by atoms with Gasteiger partial charge in [-0.05, 0) is 48.5 Å². The van der Waals surface area contributed by atoms with Gasteiger partial charge in [-0.25, -0.2) is 13.8 Å². The molecule has 1 amide bonds. The molecule has 0 bridgehead atoms. The molecule has 0 saturated heterocycles. The summed E-state index contributed by atoms with van der Waals surface area (Å²) in [7, 11) is 0. The number of rotatable bonds is 5. The van der Waals surface area contributed by atoms with Crippen LogP contribution in [-0.4, -0.2) is 21.2 Å². The van der Waals surface area contributed by atoms with Gasteiger partial charge in [0.2, 0.25) is 5.91 Å². The lowest BCUT2D eigenvalue weighted by Crippen LogP contribution is -2.23. The fraction of sp³-hybridized carbons (Fsp3) is 0.0455. The number of carbonyl (C=O) groups excluding carboxylic acids is 1. The maximum Gasteiger partial charge on any atom is 0.266 e. The second kappa shape index (κ2) is 8.99. The van der Waals surface area contributed by atoms with Crippen molar-refractivity contribution in [1.82, 2.24) is 9.55 Å². The summed E-state index contributed by atoms with van der Waals surface area (Å²) in [5.74, 6) is -2.57. The number of thioether (sulfide) groups is 1. The molecule has 4 rings (SSSR count). The van der Waals surface area contributed by atoms with Crippen LogP contribution in [0.5, 0.6) is 0 Å². The first-order chi connectivity index (χ1) is 14.9. The van der Waals surface area contributed by atoms with E-state index < -0.39 is 17.5 Å². The van der Waals surface area contributed by atoms with E-state index in [1.165, 1.54) is 10.6 Å². The topological polar surface area (TPSA) is 64.0 Å². The van der Waals surface area contributed by atoms with Crippen LogP contribution in [0, 0.1) is 11.6 Å². The van der Waals surface area contributed by atoms with E-state index in [-0.39, 0.29) is 17.0 Å². The molecule has 1 heterocycles. The van der Waals surface area contributed by atoms with Gasteiger partial charge in [0, 0.05) is 16.2 Å². The lowest BCUT2D eigenvalue weighted by molar-refractivity contribution is -0.113. The fourth-order valence-corrected chi connectivity index (χ4v) is 4.01. The van der Waals surface area contributed by atoms with Crippen molar-refractivity contribution in [1.29, 1.82) is 0 Å². The number of carbonyl (C=O) groups is 1. The summed E-state index contributed by atoms with van der Waals surface area (Å²) in [5, 5.41) is 3.31. The van der Waals surface area contributed by atoms with Gasteiger partial charge >= 0.3 is 0 Å². The van der Waals surface area contributed by atoms with E-state index in [1.807, 2.05) is 0 Å². The first kappa shape index (κ1) is 21.2. The molecule has 9 heteroatoms. The normalized spacial score (nSPS) is 10.9. The van der Waals surface area contributed by atoms with Gasteiger partial charge in [0.25, 0.3) is 5.56 Å². The maximum atomic E-state index is 13.4. The van der Waals surface area contributed by atoms with E-state index in [0.717, 1.165) is 28.4 Å². The van der Waals surface area contributed by atoms with E-state index in [1.54, 1.807) is 48.5 Å². The van der Waals surface area contributed by atoms with Crippen molar-refractivity contribution in [2.45, 2.75) is 5.16 Å². The number of benzene rings is 3. The Hall–Kier alpha value is -3.04. The number of hydrogen-bond donors (Lipinski definition) is 1. The Morgan fingerprint density at radius 1 is 1.03 bits per heavy atom. The van der Waals surface area contributed by atoms with Gasteiger partial charge in [-0.1, -0.05) is 39.8 Å². The van der Waals surface area contributed by atoms with Gasteiger partial charge < -0.3 is 5.32 Å². The van der Waals surface area contributed by atoms with Gasteiger partial charge in [0.05, 0.1) is 22.3 Å². The quantitative estimate of drug-likeness (QED) is 0.303. The molecule has 4 aromatic rings. The van der Waals surface area contributed by atoms with Crippen molar-refractivity contribution in [3.8, 4) is 5.69 Å². The van der Waals surface area contributed by atoms with Crippen LogP contribution < -0.4 is 10.9 Å². The van der Waals surface area contributed by atoms with Gasteiger partial charge in [0.15, 0.2) is 16.8 Å². The first-order valence-electron chi connectivity index (χ1n) is 9.08. The van der Waals surface area contributed by atoms with Crippen LogP contribution in [0.4, 0.5) is 14.5 Å². The van der Waals surface area contributed by atoms with Crippen LogP contribution in [0.3, 0.4) is 0 Å². The molecule has 0 fully saturated rings. The average molecular weight is 502 g/mol. The smallest absolute Gasteiger partial charge is 0.266 e. The molecular formula is C22H14BrF2N3O2S. The summed E-state index contributed by atoms with van der Waals surface area (Å²) in [6.45, 7) is 0. The highest BCUT2D eigenvalue weighted by atomic mass is 79.9. The first-order valence-corrected chi connectivity index (χ1v) is 10.9. The van der Waals surface area contributed by atoms with Crippen molar-refractivity contribution < 1.29 is 13.6 Å². The van der Waals surface area contributed by atoms with E-state index >= 15 is 0 Å². The molecule has 1 aromatic heterocycles. The Morgan fingerprint density at radius 3 is 2.52 bits per heavy atom. The molecule has 156 valence electrons. The van der Waals surface area contributed by atoms with Gasteiger partial charge in [-0.3, -0.25) is 14.2 Å². The Bertz CT molecular complexity index is 1340. The summed E-state index contributed by atoms with van der Waals surface area (Å²) >= 11 is 4.44. The minimum Gasteiger partial charge on any atom is -0.325 e. The molecule has 5 nitrogen and oxygen atoms in total. The molecule has 0 aliphatic heterocycles. The highest BCUT2D eigenvalue weighted by Gasteiger charge is 2.15. The molecule has 3 aromatic carbocycles. The van der Waals surface area contributed by atoms with E-state index in [2.05, 4.69) is 26.2 Å². The SMILES string of the molecule is O=C(CSc1nc2ccccc2c(=O)n1-c1ccc(Br)cc1)Nc1ccc(F)c(F)c1. The lowest BCUT2D eigenvalue weighted by Gasteiger charge is -2.13. The van der Waals surface area contributed by atoms with Crippen molar-refractivity contribution in [2.75, 3.05) is 11.1 Å². The monoisotopic (exact) mass is 501 g/mol. The van der Waals surface area contributed by atoms with E-state index in [4.69, 9.17) is 0 Å². The minimum atomic E-state index is -1.05. The Kier molecular flexibility index (Phi) is 6.15. The van der Waals surface area contributed by atoms with Crippen molar-refractivity contribution in [3.63, 3.8) is 0 Å². The highest BCUT2D eigenvalue weighted by molar-refractivity contribution is 9.10. The zero-order valence-electron chi connectivity index (χ0n) is 15.8. The minimum absolute atomic E-state index is 0.0830. The molecule has 0 aliphatic rings. The van der Waals surface area contributed by atoms with Crippen LogP contribution in [0.15, 0.2) is 81.2 Å². The summed E-state index contributed by atoms with van der Waals surface area (Å²) < 4.78 is 28.7. The summed E-state index contributed by atoms with van der Waals surface area (Å²) in [5.41, 5.74) is 1.01. The second-order valence-corrected chi connectivity index (χ2v) is 8.35. The number of halogens is 3. The Labute approximate surface area is 188 Å². The predicted octanol–water partition coefficient (Wildman–Crippen LogP) is 5.16. The van der Waals surface area contributed by atoms with Crippen LogP contribution in [0.1, 0.15) is 0 Å². The van der Waals surface area contributed by atoms with E-state index in [9.17, 15) is 18.4 Å². The third-order valence-electron chi connectivity index (χ3n) is 4.37. The highest BCUT2D eigenvalue weighted by Crippen LogP contribution is 2.23. The third-order valence-corrected chi connectivity index (χ3v) is 5.83. The molecule has 0 aliphatic carbocycles. The number of hydrogen-bond acceptors (Lipinski definition) is 4. The number of nitrogens with one attached hydrogen (secondary N) is 1. The standard InChI is InChI=1S/C22H14BrF2N3O2S/c23-13-5-8-15(9-6-13)28-21(30)16-3-1-2-4-19(16)27-22(28)31-12-20(29)26-14-7-10-17(24)18(25)11-14/h1-11H,12H2,(H,26,29). The molecule has 31 heavy (non-hydrogen) atoms. The largest absolute Gasteiger partial charge is 0.325 e. The summed E-state index contributed by atoms with van der Waals surface area (Å²) in [6.07, 6.45) is 0. The molecule has 1 N–H and O–H groups in total. The Balaban J connectivity index is 1.65. The number of aromatic nitrogens is 2. The molecule has 0 unspecified atom stereocenters. The van der Waals surface area contributed by atoms with Gasteiger partial charge in [-0.2, -0.15) is 0 Å². The number of amides is 1. The van der Waals surface area contributed by atoms with Crippen LogP contribution in [-0.2, 0) is 4.79 Å². The van der Waals surface area contributed by atoms with Crippen molar-refractivity contribution in [2.24, 2.45) is 0 Å². The number of para-hydroxylation sites is 1. The average Bonchev–Trinajstić information content (AvgIpc) is 2.76. The fourth-order valence-electron chi connectivity index (χ4n) is 2.93. The Morgan fingerprint density at radius 2 is 1.77 bits per heavy atom. The number of nitrogens with zero attached hydrogens (tertiary/aromatic N) is 2. The molecule has 0 atom stereocenters. The molecule has 0 spiro atoms. The zero-order chi connectivity index (χ0) is 22.0. The zero-order valence-corrected chi connectivity index (χ0v) is 18.2. The van der Waals surface area contributed by atoms with Crippen LogP contribution in [0.25, 0.3) is 16.6 Å². The third kappa shape index (κ3) is 4.67. The molecule has 0 saturated carbocycles.